The number of amides is 3. The molecule has 0 unspecified atom stereocenters. The number of hydrogen-bond donors (Lipinski definition) is 2. The summed E-state index contributed by atoms with van der Waals surface area (Å²) in [7, 11) is 0. The molecule has 0 bridgehead atoms. The Morgan fingerprint density at radius 2 is 2.03 bits per heavy atom. The minimum Gasteiger partial charge on any atom is -0.464 e. The van der Waals surface area contributed by atoms with E-state index in [9.17, 15) is 18.8 Å². The van der Waals surface area contributed by atoms with Crippen molar-refractivity contribution in [3.63, 3.8) is 0 Å². The van der Waals surface area contributed by atoms with E-state index in [-0.39, 0.29) is 23.6 Å². The molecule has 2 aromatic rings. The summed E-state index contributed by atoms with van der Waals surface area (Å²) in [4.78, 5) is 38.3. The van der Waals surface area contributed by atoms with Gasteiger partial charge < -0.3 is 20.3 Å². The number of carbonyl (C=O) groups excluding carboxylic acids is 3. The summed E-state index contributed by atoms with van der Waals surface area (Å²) < 4.78 is 17.9. The average Bonchev–Trinajstić information content (AvgIpc) is 3.26. The lowest BCUT2D eigenvalue weighted by atomic mass is 9.99. The molecule has 1 aromatic heterocycles. The number of rotatable bonds is 6. The minimum absolute atomic E-state index is 0.0535. The highest BCUT2D eigenvalue weighted by molar-refractivity contribution is 7.13. The van der Waals surface area contributed by atoms with E-state index in [0.29, 0.717) is 23.8 Å². The Hall–Kier alpha value is -3.08. The zero-order valence-electron chi connectivity index (χ0n) is 17.3. The summed E-state index contributed by atoms with van der Waals surface area (Å²) in [6.45, 7) is 4.51. The van der Waals surface area contributed by atoms with Crippen molar-refractivity contribution in [2.24, 2.45) is 0 Å². The smallest absolute Gasteiger partial charge is 0.328 e. The third-order valence-electron chi connectivity index (χ3n) is 4.77. The number of carbonyl (C=O) groups is 3. The molecule has 3 rings (SSSR count). The van der Waals surface area contributed by atoms with Gasteiger partial charge in [0.25, 0.3) is 5.91 Å². The number of nitrogens with one attached hydrogen (secondary N) is 2. The number of aromatic nitrogens is 2. The second-order valence-electron chi connectivity index (χ2n) is 7.11. The quantitative estimate of drug-likeness (QED) is 0.656. The molecule has 2 heterocycles. The maximum atomic E-state index is 13.0. The third-order valence-corrected chi connectivity index (χ3v) is 5.86. The summed E-state index contributed by atoms with van der Waals surface area (Å²) in [5.41, 5.74) is 0.458. The second-order valence-corrected chi connectivity index (χ2v) is 8.12. The standard InChI is InChI=1S/C20H24FN5O4S/c1-3-30-19(28)12(2)22-20(29)26-10-4-5-13(11-26)17-24-25-18(31-17)16(27)23-15-8-6-14(21)7-9-15/h6-9,12-13H,3-5,10-11H2,1-2H3,(H,22,29)(H,23,27)/t12-,13-/m0/s1. The van der Waals surface area contributed by atoms with Gasteiger partial charge in [-0.15, -0.1) is 10.2 Å². The van der Waals surface area contributed by atoms with Gasteiger partial charge in [0.1, 0.15) is 16.9 Å². The average molecular weight is 450 g/mol. The van der Waals surface area contributed by atoms with E-state index in [2.05, 4.69) is 20.8 Å². The van der Waals surface area contributed by atoms with Gasteiger partial charge in [-0.1, -0.05) is 11.3 Å². The van der Waals surface area contributed by atoms with Gasteiger partial charge in [-0.05, 0) is 51.0 Å². The maximum absolute atomic E-state index is 13.0. The van der Waals surface area contributed by atoms with Crippen molar-refractivity contribution in [1.29, 1.82) is 0 Å². The van der Waals surface area contributed by atoms with E-state index in [1.807, 2.05) is 0 Å². The van der Waals surface area contributed by atoms with Crippen LogP contribution < -0.4 is 10.6 Å². The molecule has 2 atom stereocenters. The molecule has 0 radical (unpaired) electrons. The van der Waals surface area contributed by atoms with Crippen LogP contribution in [0.1, 0.15) is 47.4 Å². The molecule has 11 heteroatoms. The van der Waals surface area contributed by atoms with Crippen LogP contribution in [0.25, 0.3) is 0 Å². The van der Waals surface area contributed by atoms with Crippen LogP contribution in [0.15, 0.2) is 24.3 Å². The number of piperidine rings is 1. The predicted octanol–water partition coefficient (Wildman–Crippen LogP) is 2.77. The van der Waals surface area contributed by atoms with Crippen molar-refractivity contribution in [2.75, 3.05) is 25.0 Å². The Labute approximate surface area is 183 Å². The Bertz CT molecular complexity index is 936. The summed E-state index contributed by atoms with van der Waals surface area (Å²) in [6, 6.07) is 4.35. The monoisotopic (exact) mass is 449 g/mol. The number of benzene rings is 1. The minimum atomic E-state index is -0.740. The lowest BCUT2D eigenvalue weighted by Crippen LogP contribution is -2.49. The van der Waals surface area contributed by atoms with E-state index < -0.39 is 23.7 Å². The Morgan fingerprint density at radius 3 is 2.74 bits per heavy atom. The highest BCUT2D eigenvalue weighted by atomic mass is 32.1. The molecule has 1 saturated heterocycles. The number of ether oxygens (including phenoxy) is 1. The van der Waals surface area contributed by atoms with Gasteiger partial charge in [0, 0.05) is 24.7 Å². The van der Waals surface area contributed by atoms with Gasteiger partial charge in [0.15, 0.2) is 0 Å². The van der Waals surface area contributed by atoms with Crippen molar-refractivity contribution in [1.82, 2.24) is 20.4 Å². The van der Waals surface area contributed by atoms with Crippen LogP contribution in [0.3, 0.4) is 0 Å². The van der Waals surface area contributed by atoms with E-state index in [1.54, 1.807) is 18.7 Å². The normalized spacial score (nSPS) is 17.0. The first-order chi connectivity index (χ1) is 14.9. The summed E-state index contributed by atoms with van der Waals surface area (Å²) in [6.07, 6.45) is 1.58. The summed E-state index contributed by atoms with van der Waals surface area (Å²) in [5.74, 6) is -1.35. The molecule has 0 spiro atoms. The molecule has 1 aliphatic rings. The van der Waals surface area contributed by atoms with Gasteiger partial charge in [-0.25, -0.2) is 14.0 Å². The zero-order chi connectivity index (χ0) is 22.4. The summed E-state index contributed by atoms with van der Waals surface area (Å²) >= 11 is 1.17. The highest BCUT2D eigenvalue weighted by Crippen LogP contribution is 2.29. The maximum Gasteiger partial charge on any atom is 0.328 e. The molecule has 1 aliphatic heterocycles. The summed E-state index contributed by atoms with van der Waals surface area (Å²) in [5, 5.41) is 14.3. The number of nitrogens with zero attached hydrogens (tertiary/aromatic N) is 3. The first kappa shape index (κ1) is 22.6. The fraction of sp³-hybridized carbons (Fsp3) is 0.450. The Morgan fingerprint density at radius 1 is 1.29 bits per heavy atom. The number of halogens is 1. The van der Waals surface area contributed by atoms with Gasteiger partial charge in [0.05, 0.1) is 6.61 Å². The first-order valence-electron chi connectivity index (χ1n) is 9.99. The molecular formula is C20H24FN5O4S. The van der Waals surface area contributed by atoms with Crippen molar-refractivity contribution in [3.8, 4) is 0 Å². The first-order valence-corrected chi connectivity index (χ1v) is 10.8. The Kier molecular flexibility index (Phi) is 7.50. The Balaban J connectivity index is 1.58. The highest BCUT2D eigenvalue weighted by Gasteiger charge is 2.29. The van der Waals surface area contributed by atoms with Crippen LogP contribution in [-0.4, -0.2) is 58.7 Å². The topological polar surface area (TPSA) is 114 Å². The molecule has 1 aromatic carbocycles. The zero-order valence-corrected chi connectivity index (χ0v) is 18.1. The molecule has 0 aliphatic carbocycles. The van der Waals surface area contributed by atoms with E-state index in [1.165, 1.54) is 35.6 Å². The van der Waals surface area contributed by atoms with Crippen LogP contribution in [0.4, 0.5) is 14.9 Å². The van der Waals surface area contributed by atoms with Crippen LogP contribution in [0, 0.1) is 5.82 Å². The van der Waals surface area contributed by atoms with Crippen LogP contribution in [0.2, 0.25) is 0 Å². The largest absolute Gasteiger partial charge is 0.464 e. The number of anilines is 1. The van der Waals surface area contributed by atoms with Crippen LogP contribution in [0.5, 0.6) is 0 Å². The van der Waals surface area contributed by atoms with Crippen molar-refractivity contribution in [2.45, 2.75) is 38.6 Å². The van der Waals surface area contributed by atoms with Crippen molar-refractivity contribution >= 4 is 34.9 Å². The molecule has 9 nitrogen and oxygen atoms in total. The number of likely N-dealkylation sites (tertiary alicyclic amines) is 1. The fourth-order valence-electron chi connectivity index (χ4n) is 3.17. The number of urea groups is 1. The van der Waals surface area contributed by atoms with Gasteiger partial charge >= 0.3 is 12.0 Å². The predicted molar refractivity (Wildman–Crippen MR) is 112 cm³/mol. The van der Waals surface area contributed by atoms with Gasteiger partial charge in [-0.3, -0.25) is 4.79 Å². The molecular weight excluding hydrogens is 425 g/mol. The van der Waals surface area contributed by atoms with Crippen molar-refractivity contribution in [3.05, 3.63) is 40.1 Å². The van der Waals surface area contributed by atoms with E-state index in [0.717, 1.165) is 12.8 Å². The molecule has 0 saturated carbocycles. The van der Waals surface area contributed by atoms with E-state index >= 15 is 0 Å². The SMILES string of the molecule is CCOC(=O)[C@H](C)NC(=O)N1CCC[C@H](c2nnc(C(=O)Nc3ccc(F)cc3)s2)C1. The van der Waals surface area contributed by atoms with Crippen LogP contribution >= 0.6 is 11.3 Å². The van der Waals surface area contributed by atoms with E-state index in [4.69, 9.17) is 4.74 Å². The third kappa shape index (κ3) is 5.97. The lowest BCUT2D eigenvalue weighted by molar-refractivity contribution is -0.144. The lowest BCUT2D eigenvalue weighted by Gasteiger charge is -2.32. The van der Waals surface area contributed by atoms with Gasteiger partial charge in [-0.2, -0.15) is 0 Å². The van der Waals surface area contributed by atoms with Crippen molar-refractivity contribution < 1.29 is 23.5 Å². The fourth-order valence-corrected chi connectivity index (χ4v) is 4.04. The molecule has 3 amide bonds. The molecule has 2 N–H and O–H groups in total. The molecule has 1 fully saturated rings. The molecule has 31 heavy (non-hydrogen) atoms. The number of esters is 1. The second kappa shape index (κ2) is 10.3. The molecule has 166 valence electrons. The van der Waals surface area contributed by atoms with Crippen LogP contribution in [-0.2, 0) is 9.53 Å². The van der Waals surface area contributed by atoms with Gasteiger partial charge in [0.2, 0.25) is 5.01 Å². The number of hydrogen-bond acceptors (Lipinski definition) is 7.